The first-order chi connectivity index (χ1) is 11.3. The number of anilines is 1. The topological polar surface area (TPSA) is 46.2 Å². The van der Waals surface area contributed by atoms with E-state index >= 15 is 0 Å². The summed E-state index contributed by atoms with van der Waals surface area (Å²) in [6, 6.07) is 12.0. The lowest BCUT2D eigenvalue weighted by atomic mass is 9.86. The Labute approximate surface area is 135 Å². The molecule has 122 valence electrons. The Morgan fingerprint density at radius 1 is 0.833 bits per heavy atom. The minimum Gasteiger partial charge on any atom is -0.352 e. The number of fused-ring (bicyclic) bond motifs is 1. The van der Waals surface area contributed by atoms with Gasteiger partial charge < -0.3 is 5.32 Å². The first kappa shape index (κ1) is 16.0. The first-order valence-corrected chi connectivity index (χ1v) is 7.12. The van der Waals surface area contributed by atoms with Crippen molar-refractivity contribution in [3.05, 3.63) is 76.5 Å². The third-order valence-corrected chi connectivity index (χ3v) is 3.72. The number of ketones is 2. The van der Waals surface area contributed by atoms with Crippen LogP contribution in [0.5, 0.6) is 0 Å². The number of carbonyl (C=O) groups excluding carboxylic acids is 2. The average molecular weight is 331 g/mol. The zero-order valence-corrected chi connectivity index (χ0v) is 12.6. The largest absolute Gasteiger partial charge is 0.422 e. The van der Waals surface area contributed by atoms with E-state index in [0.29, 0.717) is 5.69 Å². The van der Waals surface area contributed by atoms with Crippen molar-refractivity contribution in [2.24, 2.45) is 0 Å². The lowest BCUT2D eigenvalue weighted by Gasteiger charge is -2.23. The molecule has 6 heteroatoms. The summed E-state index contributed by atoms with van der Waals surface area (Å²) >= 11 is 0. The van der Waals surface area contributed by atoms with Gasteiger partial charge in [-0.2, -0.15) is 13.2 Å². The Bertz CT molecular complexity index is 865. The molecule has 0 aromatic heterocycles. The molecule has 2 aromatic carbocycles. The SMILES string of the molecule is Cc1ccc(NC2=C(C(F)(F)F)C(=O)c3ccccc3C2=O)cc1. The van der Waals surface area contributed by atoms with E-state index in [1.54, 1.807) is 24.3 Å². The Morgan fingerprint density at radius 3 is 1.92 bits per heavy atom. The highest BCUT2D eigenvalue weighted by atomic mass is 19.4. The maximum absolute atomic E-state index is 13.4. The minimum atomic E-state index is -4.94. The van der Waals surface area contributed by atoms with Crippen LogP contribution < -0.4 is 5.32 Å². The summed E-state index contributed by atoms with van der Waals surface area (Å²) in [6.07, 6.45) is -4.94. The fourth-order valence-electron chi connectivity index (χ4n) is 2.55. The fraction of sp³-hybridized carbons (Fsp3) is 0.111. The number of hydrogen-bond acceptors (Lipinski definition) is 3. The summed E-state index contributed by atoms with van der Waals surface area (Å²) in [5.41, 5.74) is -1.25. The van der Waals surface area contributed by atoms with E-state index in [1.165, 1.54) is 24.3 Å². The second-order valence-corrected chi connectivity index (χ2v) is 5.44. The Balaban J connectivity index is 2.16. The molecule has 3 rings (SSSR count). The maximum Gasteiger partial charge on any atom is 0.422 e. The van der Waals surface area contributed by atoms with Crippen molar-refractivity contribution in [3.63, 3.8) is 0 Å². The molecular weight excluding hydrogens is 319 g/mol. The van der Waals surface area contributed by atoms with E-state index in [0.717, 1.165) is 5.56 Å². The molecule has 1 aliphatic rings. The zero-order chi connectivity index (χ0) is 17.5. The smallest absolute Gasteiger partial charge is 0.352 e. The van der Waals surface area contributed by atoms with Crippen LogP contribution >= 0.6 is 0 Å². The second-order valence-electron chi connectivity index (χ2n) is 5.44. The minimum absolute atomic E-state index is 0.0369. The average Bonchev–Trinajstić information content (AvgIpc) is 2.53. The number of hydrogen-bond donors (Lipinski definition) is 1. The maximum atomic E-state index is 13.4. The molecule has 0 amide bonds. The molecule has 0 bridgehead atoms. The molecule has 0 atom stereocenters. The number of rotatable bonds is 2. The van der Waals surface area contributed by atoms with Gasteiger partial charge in [0.15, 0.2) is 0 Å². The highest BCUT2D eigenvalue weighted by molar-refractivity contribution is 6.28. The summed E-state index contributed by atoms with van der Waals surface area (Å²) in [4.78, 5) is 24.8. The van der Waals surface area contributed by atoms with Gasteiger partial charge in [0.1, 0.15) is 11.3 Å². The number of aryl methyl sites for hydroxylation is 1. The van der Waals surface area contributed by atoms with Crippen molar-refractivity contribution in [1.82, 2.24) is 0 Å². The van der Waals surface area contributed by atoms with Crippen molar-refractivity contribution < 1.29 is 22.8 Å². The van der Waals surface area contributed by atoms with Crippen LogP contribution in [0.4, 0.5) is 18.9 Å². The molecule has 0 saturated heterocycles. The lowest BCUT2D eigenvalue weighted by molar-refractivity contribution is -0.0895. The number of benzene rings is 2. The zero-order valence-electron chi connectivity index (χ0n) is 12.6. The number of halogens is 3. The van der Waals surface area contributed by atoms with Crippen LogP contribution in [0.3, 0.4) is 0 Å². The molecular formula is C18H12F3NO2. The van der Waals surface area contributed by atoms with Gasteiger partial charge in [0, 0.05) is 16.8 Å². The summed E-state index contributed by atoms with van der Waals surface area (Å²) in [5, 5.41) is 2.48. The number of nitrogens with one attached hydrogen (secondary N) is 1. The molecule has 1 aliphatic carbocycles. The Morgan fingerprint density at radius 2 is 1.38 bits per heavy atom. The Hall–Kier alpha value is -2.89. The number of carbonyl (C=O) groups is 2. The molecule has 24 heavy (non-hydrogen) atoms. The molecule has 0 spiro atoms. The molecule has 0 heterocycles. The number of alkyl halides is 3. The summed E-state index contributed by atoms with van der Waals surface area (Å²) in [5.74, 6) is -2.05. The monoisotopic (exact) mass is 331 g/mol. The van der Waals surface area contributed by atoms with Gasteiger partial charge in [-0.25, -0.2) is 0 Å². The predicted molar refractivity (Wildman–Crippen MR) is 83.0 cm³/mol. The Kier molecular flexibility index (Phi) is 3.75. The van der Waals surface area contributed by atoms with Crippen molar-refractivity contribution in [2.45, 2.75) is 13.1 Å². The fourth-order valence-corrected chi connectivity index (χ4v) is 2.55. The quantitative estimate of drug-likeness (QED) is 0.892. The van der Waals surface area contributed by atoms with E-state index in [1.807, 2.05) is 6.92 Å². The molecule has 0 fully saturated rings. The van der Waals surface area contributed by atoms with Gasteiger partial charge in [0.2, 0.25) is 11.6 Å². The molecule has 2 aromatic rings. The third-order valence-electron chi connectivity index (χ3n) is 3.72. The lowest BCUT2D eigenvalue weighted by Crippen LogP contribution is -2.33. The van der Waals surface area contributed by atoms with E-state index in [-0.39, 0.29) is 11.1 Å². The molecule has 0 aliphatic heterocycles. The standard InChI is InChI=1S/C18H12F3NO2/c1-10-6-8-11(9-7-10)22-15-14(18(19,20)21)16(23)12-4-2-3-5-13(12)17(15)24/h2-9,22H,1H3. The number of Topliss-reactive ketones (excluding diaryl/α,β-unsaturated/α-hetero) is 2. The molecule has 3 nitrogen and oxygen atoms in total. The highest BCUT2D eigenvalue weighted by Gasteiger charge is 2.47. The third kappa shape index (κ3) is 2.71. The highest BCUT2D eigenvalue weighted by Crippen LogP contribution is 2.37. The van der Waals surface area contributed by atoms with Crippen LogP contribution in [-0.4, -0.2) is 17.7 Å². The summed E-state index contributed by atoms with van der Waals surface area (Å²) in [6.45, 7) is 1.83. The molecule has 0 unspecified atom stereocenters. The van der Waals surface area contributed by atoms with Gasteiger partial charge >= 0.3 is 6.18 Å². The van der Waals surface area contributed by atoms with E-state index in [9.17, 15) is 22.8 Å². The molecule has 1 N–H and O–H groups in total. The van der Waals surface area contributed by atoms with E-state index < -0.39 is 29.0 Å². The van der Waals surface area contributed by atoms with Gasteiger partial charge in [-0.15, -0.1) is 0 Å². The van der Waals surface area contributed by atoms with E-state index in [4.69, 9.17) is 0 Å². The van der Waals surface area contributed by atoms with E-state index in [2.05, 4.69) is 5.32 Å². The van der Waals surface area contributed by atoms with Gasteiger partial charge in [-0.3, -0.25) is 9.59 Å². The molecule has 0 saturated carbocycles. The molecule has 0 radical (unpaired) electrons. The van der Waals surface area contributed by atoms with Crippen LogP contribution in [0.15, 0.2) is 59.8 Å². The van der Waals surface area contributed by atoms with Crippen LogP contribution in [0.2, 0.25) is 0 Å². The number of allylic oxidation sites excluding steroid dienone is 2. The van der Waals surface area contributed by atoms with Gasteiger partial charge in [-0.1, -0.05) is 42.0 Å². The second kappa shape index (κ2) is 5.63. The van der Waals surface area contributed by atoms with Crippen molar-refractivity contribution in [3.8, 4) is 0 Å². The van der Waals surface area contributed by atoms with Crippen LogP contribution in [0.1, 0.15) is 26.3 Å². The summed E-state index contributed by atoms with van der Waals surface area (Å²) in [7, 11) is 0. The van der Waals surface area contributed by atoms with Gasteiger partial charge in [0.25, 0.3) is 0 Å². The summed E-state index contributed by atoms with van der Waals surface area (Å²) < 4.78 is 40.2. The van der Waals surface area contributed by atoms with Crippen LogP contribution in [-0.2, 0) is 0 Å². The van der Waals surface area contributed by atoms with Crippen LogP contribution in [0, 0.1) is 6.92 Å². The van der Waals surface area contributed by atoms with Crippen molar-refractivity contribution >= 4 is 17.3 Å². The van der Waals surface area contributed by atoms with Gasteiger partial charge in [-0.05, 0) is 19.1 Å². The van der Waals surface area contributed by atoms with Crippen molar-refractivity contribution in [2.75, 3.05) is 5.32 Å². The van der Waals surface area contributed by atoms with Gasteiger partial charge in [0.05, 0.1) is 0 Å². The first-order valence-electron chi connectivity index (χ1n) is 7.12. The van der Waals surface area contributed by atoms with Crippen LogP contribution in [0.25, 0.3) is 0 Å². The normalized spacial score (nSPS) is 14.7. The van der Waals surface area contributed by atoms with Crippen molar-refractivity contribution in [1.29, 1.82) is 0 Å². The predicted octanol–water partition coefficient (Wildman–Crippen LogP) is 4.30.